The van der Waals surface area contributed by atoms with Crippen molar-refractivity contribution in [2.45, 2.75) is 271 Å². The minimum atomic E-state index is -0.563. The molecule has 0 saturated heterocycles. The fraction of sp³-hybridized carbons (Fsp3) is 0.738. The second kappa shape index (κ2) is 56.4. The van der Waals surface area contributed by atoms with E-state index in [1.165, 1.54) is 122 Å². The third kappa shape index (κ3) is 53.7. The van der Waals surface area contributed by atoms with E-state index >= 15 is 0 Å². The number of allylic oxidation sites excluding steroid dienone is 14. The normalized spacial score (nSPS) is 12.8. The molecule has 0 N–H and O–H groups in total. The molecule has 380 valence electrons. The van der Waals surface area contributed by atoms with Gasteiger partial charge >= 0.3 is 11.9 Å². The van der Waals surface area contributed by atoms with E-state index < -0.39 is 6.10 Å². The average molecular weight is 920 g/mol. The Morgan fingerprint density at radius 2 is 0.682 bits per heavy atom. The molecule has 1 atom stereocenters. The van der Waals surface area contributed by atoms with Crippen LogP contribution in [0.15, 0.2) is 85.1 Å². The predicted molar refractivity (Wildman–Crippen MR) is 288 cm³/mol. The van der Waals surface area contributed by atoms with Gasteiger partial charge in [-0.15, -0.1) is 0 Å². The third-order valence-corrected chi connectivity index (χ3v) is 11.9. The summed E-state index contributed by atoms with van der Waals surface area (Å²) in [6.07, 6.45) is 74.6. The van der Waals surface area contributed by atoms with Crippen LogP contribution in [0.5, 0.6) is 0 Å². The molecular formula is C61H106O5. The Bertz CT molecular complexity index is 1220. The van der Waals surface area contributed by atoms with E-state index in [1.54, 1.807) is 0 Å². The first-order valence-electron chi connectivity index (χ1n) is 28.1. The Morgan fingerprint density at radius 1 is 0.348 bits per heavy atom. The van der Waals surface area contributed by atoms with Crippen molar-refractivity contribution in [1.82, 2.24) is 0 Å². The predicted octanol–water partition coefficient (Wildman–Crippen LogP) is 19.2. The Balaban J connectivity index is 4.31. The summed E-state index contributed by atoms with van der Waals surface area (Å²) in [5, 5.41) is 0. The zero-order valence-electron chi connectivity index (χ0n) is 43.7. The number of carbonyl (C=O) groups excluding carboxylic acids is 2. The second-order valence-electron chi connectivity index (χ2n) is 18.4. The highest BCUT2D eigenvalue weighted by atomic mass is 16.6. The van der Waals surface area contributed by atoms with Crippen LogP contribution in [0.3, 0.4) is 0 Å². The minimum Gasteiger partial charge on any atom is -0.462 e. The van der Waals surface area contributed by atoms with Gasteiger partial charge < -0.3 is 14.2 Å². The molecule has 0 aliphatic heterocycles. The Morgan fingerprint density at radius 3 is 1.09 bits per heavy atom. The zero-order chi connectivity index (χ0) is 47.7. The molecule has 0 aromatic heterocycles. The van der Waals surface area contributed by atoms with Crippen molar-refractivity contribution in [2.24, 2.45) is 0 Å². The topological polar surface area (TPSA) is 61.8 Å². The number of unbranched alkanes of at least 4 members (excludes halogenated alkanes) is 26. The average Bonchev–Trinajstić information content (AvgIpc) is 3.32. The smallest absolute Gasteiger partial charge is 0.306 e. The van der Waals surface area contributed by atoms with E-state index in [0.29, 0.717) is 19.4 Å². The van der Waals surface area contributed by atoms with Crippen LogP contribution in [0.2, 0.25) is 0 Å². The van der Waals surface area contributed by atoms with E-state index in [0.717, 1.165) is 109 Å². The van der Waals surface area contributed by atoms with Crippen LogP contribution < -0.4 is 0 Å². The number of esters is 2. The maximum Gasteiger partial charge on any atom is 0.306 e. The van der Waals surface area contributed by atoms with E-state index in [1.807, 2.05) is 0 Å². The summed E-state index contributed by atoms with van der Waals surface area (Å²) in [6.45, 7) is 7.55. The summed E-state index contributed by atoms with van der Waals surface area (Å²) in [5.74, 6) is -0.431. The molecule has 0 aromatic carbocycles. The number of ether oxygens (including phenoxy) is 3. The fourth-order valence-electron chi connectivity index (χ4n) is 7.81. The van der Waals surface area contributed by atoms with Gasteiger partial charge in [0, 0.05) is 19.4 Å². The lowest BCUT2D eigenvalue weighted by molar-refractivity contribution is -0.163. The molecule has 0 spiro atoms. The molecule has 0 radical (unpaired) electrons. The van der Waals surface area contributed by atoms with Crippen molar-refractivity contribution in [3.8, 4) is 0 Å². The van der Waals surface area contributed by atoms with Crippen LogP contribution in [-0.2, 0) is 23.8 Å². The van der Waals surface area contributed by atoms with Gasteiger partial charge in [-0.2, -0.15) is 0 Å². The van der Waals surface area contributed by atoms with Crippen molar-refractivity contribution < 1.29 is 23.8 Å². The van der Waals surface area contributed by atoms with Crippen molar-refractivity contribution in [3.05, 3.63) is 85.1 Å². The third-order valence-electron chi connectivity index (χ3n) is 11.9. The van der Waals surface area contributed by atoms with E-state index in [4.69, 9.17) is 14.2 Å². The molecule has 1 unspecified atom stereocenters. The van der Waals surface area contributed by atoms with Crippen LogP contribution >= 0.6 is 0 Å². The molecule has 0 aliphatic rings. The lowest BCUT2D eigenvalue weighted by Crippen LogP contribution is -2.30. The molecular weight excluding hydrogens is 813 g/mol. The monoisotopic (exact) mass is 919 g/mol. The van der Waals surface area contributed by atoms with Gasteiger partial charge in [0.1, 0.15) is 6.61 Å². The molecule has 0 bridgehead atoms. The first-order chi connectivity index (χ1) is 32.6. The lowest BCUT2D eigenvalue weighted by atomic mass is 10.0. The van der Waals surface area contributed by atoms with Gasteiger partial charge in [-0.3, -0.25) is 9.59 Å². The number of rotatable bonds is 51. The summed E-state index contributed by atoms with van der Waals surface area (Å²) in [5.41, 5.74) is 0. The number of hydrogen-bond donors (Lipinski definition) is 0. The summed E-state index contributed by atoms with van der Waals surface area (Å²) < 4.78 is 17.4. The van der Waals surface area contributed by atoms with Crippen LogP contribution in [0, 0.1) is 0 Å². The zero-order valence-corrected chi connectivity index (χ0v) is 43.7. The van der Waals surface area contributed by atoms with Gasteiger partial charge in [-0.05, 0) is 89.9 Å². The second-order valence-corrected chi connectivity index (χ2v) is 18.4. The Kier molecular flexibility index (Phi) is 53.9. The molecule has 0 saturated carbocycles. The fourth-order valence-corrected chi connectivity index (χ4v) is 7.81. The highest BCUT2D eigenvalue weighted by molar-refractivity contribution is 5.70. The maximum atomic E-state index is 12.8. The minimum absolute atomic E-state index is 0.0650. The Hall–Kier alpha value is -2.92. The summed E-state index contributed by atoms with van der Waals surface area (Å²) in [6, 6.07) is 0. The summed E-state index contributed by atoms with van der Waals surface area (Å²) in [7, 11) is 0. The van der Waals surface area contributed by atoms with Crippen LogP contribution in [0.1, 0.15) is 265 Å². The van der Waals surface area contributed by atoms with Crippen LogP contribution in [0.4, 0.5) is 0 Å². The van der Waals surface area contributed by atoms with Gasteiger partial charge in [-0.1, -0.05) is 247 Å². The van der Waals surface area contributed by atoms with E-state index in [9.17, 15) is 9.59 Å². The highest BCUT2D eigenvalue weighted by Crippen LogP contribution is 2.16. The maximum absolute atomic E-state index is 12.8. The highest BCUT2D eigenvalue weighted by Gasteiger charge is 2.17. The number of hydrogen-bond acceptors (Lipinski definition) is 5. The van der Waals surface area contributed by atoms with Gasteiger partial charge in [0.25, 0.3) is 0 Å². The lowest BCUT2D eigenvalue weighted by Gasteiger charge is -2.18. The van der Waals surface area contributed by atoms with Crippen molar-refractivity contribution in [1.29, 1.82) is 0 Å². The largest absolute Gasteiger partial charge is 0.462 e. The molecule has 66 heavy (non-hydrogen) atoms. The molecule has 0 fully saturated rings. The van der Waals surface area contributed by atoms with Crippen LogP contribution in [-0.4, -0.2) is 37.9 Å². The van der Waals surface area contributed by atoms with Crippen molar-refractivity contribution in [2.75, 3.05) is 19.8 Å². The van der Waals surface area contributed by atoms with Crippen LogP contribution in [0.25, 0.3) is 0 Å². The molecule has 0 amide bonds. The number of carbonyl (C=O) groups is 2. The van der Waals surface area contributed by atoms with Gasteiger partial charge in [0.15, 0.2) is 6.10 Å². The molecule has 0 aliphatic carbocycles. The van der Waals surface area contributed by atoms with Gasteiger partial charge in [0.05, 0.1) is 6.61 Å². The summed E-state index contributed by atoms with van der Waals surface area (Å²) in [4.78, 5) is 25.5. The van der Waals surface area contributed by atoms with E-state index in [2.05, 4.69) is 106 Å². The Labute approximate surface area is 409 Å². The van der Waals surface area contributed by atoms with Crippen molar-refractivity contribution >= 4 is 11.9 Å². The van der Waals surface area contributed by atoms with Gasteiger partial charge in [0.2, 0.25) is 0 Å². The SMILES string of the molecule is CC/C=C\C/C=C\C/C=C\C/C=C\CCCCCCC(=O)OC(COCCCCCC/C=C\C/C=C\C/C=C\CC)COC(=O)CCCCCCCCCCCCCCCCCCCCC. The van der Waals surface area contributed by atoms with Crippen molar-refractivity contribution in [3.63, 3.8) is 0 Å². The summed E-state index contributed by atoms with van der Waals surface area (Å²) >= 11 is 0. The van der Waals surface area contributed by atoms with Gasteiger partial charge in [-0.25, -0.2) is 0 Å². The molecule has 5 nitrogen and oxygen atoms in total. The molecule has 0 aromatic rings. The first-order valence-corrected chi connectivity index (χ1v) is 28.1. The molecule has 0 heterocycles. The van der Waals surface area contributed by atoms with E-state index in [-0.39, 0.29) is 25.2 Å². The standard InChI is InChI=1S/C61H106O5/c1-4-7-10-13-16-19-22-25-28-30-31-33-34-36-39-42-45-48-51-54-60(62)65-58-59(57-64-56-53-50-47-44-41-38-27-24-21-18-15-12-9-6-3)66-61(63)55-52-49-46-43-40-37-35-32-29-26-23-20-17-14-11-8-5-2/h8-9,11-12,17-18,20-21,26-27,29,35,37-38,59H,4-7,10,13-16,19,22-25,28,30-34,36,39-58H2,1-3H3/b11-8-,12-9-,20-17-,21-18-,29-26-,37-35-,38-27-. The first kappa shape index (κ1) is 63.1. The quantitative estimate of drug-likeness (QED) is 0.0346. The molecule has 0 rings (SSSR count). The molecule has 5 heteroatoms.